The summed E-state index contributed by atoms with van der Waals surface area (Å²) in [6.45, 7) is 4.81. The molecule has 2 aromatic heterocycles. The number of thiazole rings is 1. The number of rotatable bonds is 5. The van der Waals surface area contributed by atoms with E-state index in [1.165, 1.54) is 23.2 Å². The Kier molecular flexibility index (Phi) is 5.13. The third-order valence-corrected chi connectivity index (χ3v) is 4.52. The normalized spacial score (nSPS) is 10.6. The molecule has 0 fully saturated rings. The van der Waals surface area contributed by atoms with Gasteiger partial charge < -0.3 is 9.26 Å². The van der Waals surface area contributed by atoms with E-state index in [2.05, 4.69) is 10.1 Å². The number of amides is 1. The molecule has 0 atom stereocenters. The minimum absolute atomic E-state index is 0.0000716. The zero-order valence-electron chi connectivity index (χ0n) is 14.6. The van der Waals surface area contributed by atoms with Crippen molar-refractivity contribution in [1.29, 1.82) is 0 Å². The molecule has 0 saturated carbocycles. The minimum Gasteiger partial charge on any atom is -0.455 e. The van der Waals surface area contributed by atoms with E-state index in [9.17, 15) is 9.59 Å². The quantitative estimate of drug-likeness (QED) is 0.634. The number of benzene rings is 1. The fourth-order valence-electron chi connectivity index (χ4n) is 2.46. The average Bonchev–Trinajstić information content (AvgIpc) is 3.20. The van der Waals surface area contributed by atoms with Gasteiger partial charge >= 0.3 is 5.97 Å². The van der Waals surface area contributed by atoms with Crippen molar-refractivity contribution in [3.8, 4) is 0 Å². The number of hydrogen-bond acceptors (Lipinski definition) is 7. The van der Waals surface area contributed by atoms with Crippen molar-refractivity contribution >= 4 is 34.0 Å². The van der Waals surface area contributed by atoms with Gasteiger partial charge in [0.1, 0.15) is 17.9 Å². The Morgan fingerprint density at radius 1 is 1.23 bits per heavy atom. The van der Waals surface area contributed by atoms with Crippen LogP contribution in [0.5, 0.6) is 0 Å². The van der Waals surface area contributed by atoms with Crippen molar-refractivity contribution in [2.45, 2.75) is 27.4 Å². The number of carbonyl (C=O) groups is 2. The molecule has 2 heterocycles. The lowest BCUT2D eigenvalue weighted by molar-refractivity contribution is -0.115. The van der Waals surface area contributed by atoms with E-state index < -0.39 is 5.97 Å². The van der Waals surface area contributed by atoms with Crippen molar-refractivity contribution in [1.82, 2.24) is 10.1 Å². The molecule has 7 nitrogen and oxygen atoms in total. The first-order valence-corrected chi connectivity index (χ1v) is 8.75. The second-order valence-corrected chi connectivity index (χ2v) is 6.42. The molecule has 0 aliphatic heterocycles. The predicted molar refractivity (Wildman–Crippen MR) is 96.5 cm³/mol. The van der Waals surface area contributed by atoms with Gasteiger partial charge in [-0.2, -0.15) is 0 Å². The predicted octanol–water partition coefficient (Wildman–Crippen LogP) is 3.79. The van der Waals surface area contributed by atoms with Crippen LogP contribution in [0.4, 0.5) is 10.8 Å². The number of para-hydroxylation sites is 1. The molecule has 0 aliphatic carbocycles. The van der Waals surface area contributed by atoms with E-state index in [1.54, 1.807) is 19.2 Å². The van der Waals surface area contributed by atoms with E-state index in [-0.39, 0.29) is 12.5 Å². The maximum absolute atomic E-state index is 12.2. The maximum atomic E-state index is 12.2. The first-order chi connectivity index (χ1) is 12.5. The zero-order chi connectivity index (χ0) is 18.7. The first kappa shape index (κ1) is 17.8. The molecule has 1 aromatic carbocycles. The molecule has 0 bridgehead atoms. The lowest BCUT2D eigenvalue weighted by atomic mass is 10.2. The third-order valence-electron chi connectivity index (χ3n) is 3.65. The fraction of sp³-hybridized carbons (Fsp3) is 0.222. The zero-order valence-corrected chi connectivity index (χ0v) is 15.4. The van der Waals surface area contributed by atoms with E-state index in [0.717, 1.165) is 5.69 Å². The molecule has 0 saturated heterocycles. The molecule has 1 amide bonds. The van der Waals surface area contributed by atoms with Crippen molar-refractivity contribution in [3.63, 3.8) is 0 Å². The van der Waals surface area contributed by atoms with Gasteiger partial charge in [0.05, 0.1) is 17.1 Å². The first-order valence-electron chi connectivity index (χ1n) is 7.87. The van der Waals surface area contributed by atoms with Crippen molar-refractivity contribution in [2.75, 3.05) is 4.90 Å². The van der Waals surface area contributed by atoms with E-state index >= 15 is 0 Å². The smallest absolute Gasteiger partial charge is 0.344 e. The Balaban J connectivity index is 1.73. The van der Waals surface area contributed by atoms with Gasteiger partial charge in [-0.1, -0.05) is 23.4 Å². The Morgan fingerprint density at radius 3 is 2.58 bits per heavy atom. The SMILES string of the molecule is CC(=O)N(c1ccccc1)c1nc(COC(=O)c2c(C)noc2C)cs1. The number of carbonyl (C=O) groups excluding carboxylic acids is 2. The Hall–Kier alpha value is -3.00. The second kappa shape index (κ2) is 7.49. The van der Waals surface area contributed by atoms with Gasteiger partial charge in [-0.05, 0) is 26.0 Å². The highest BCUT2D eigenvalue weighted by molar-refractivity contribution is 7.14. The van der Waals surface area contributed by atoms with Gasteiger partial charge in [-0.3, -0.25) is 9.69 Å². The summed E-state index contributed by atoms with van der Waals surface area (Å²) in [5.74, 6) is -0.245. The summed E-state index contributed by atoms with van der Waals surface area (Å²) in [6, 6.07) is 9.25. The van der Waals surface area contributed by atoms with Crippen LogP contribution in [0.15, 0.2) is 40.2 Å². The number of aromatic nitrogens is 2. The van der Waals surface area contributed by atoms with Gasteiger partial charge in [-0.15, -0.1) is 11.3 Å². The molecule has 0 N–H and O–H groups in total. The van der Waals surface area contributed by atoms with Crippen LogP contribution in [0.2, 0.25) is 0 Å². The molecule has 3 aromatic rings. The molecular formula is C18H17N3O4S. The summed E-state index contributed by atoms with van der Waals surface area (Å²) in [7, 11) is 0. The van der Waals surface area contributed by atoms with Crippen molar-refractivity contribution in [2.24, 2.45) is 0 Å². The van der Waals surface area contributed by atoms with Gasteiger partial charge in [0.25, 0.3) is 0 Å². The molecule has 134 valence electrons. The Bertz CT molecular complexity index is 914. The molecule has 0 aliphatic rings. The molecule has 0 unspecified atom stereocenters. The van der Waals surface area contributed by atoms with Crippen LogP contribution in [-0.4, -0.2) is 22.0 Å². The maximum Gasteiger partial charge on any atom is 0.344 e. The number of aryl methyl sites for hydroxylation is 2. The largest absolute Gasteiger partial charge is 0.455 e. The number of hydrogen-bond donors (Lipinski definition) is 0. The van der Waals surface area contributed by atoms with Crippen molar-refractivity contribution in [3.05, 3.63) is 58.4 Å². The van der Waals surface area contributed by atoms with E-state index in [4.69, 9.17) is 9.26 Å². The molecule has 3 rings (SSSR count). The van der Waals surface area contributed by atoms with Crippen LogP contribution in [0.25, 0.3) is 0 Å². The minimum atomic E-state index is -0.512. The molecule has 0 radical (unpaired) electrons. The highest BCUT2D eigenvalue weighted by Crippen LogP contribution is 2.29. The van der Waals surface area contributed by atoms with Crippen LogP contribution < -0.4 is 4.90 Å². The van der Waals surface area contributed by atoms with Gasteiger partial charge in [-0.25, -0.2) is 9.78 Å². The number of ether oxygens (including phenoxy) is 1. The van der Waals surface area contributed by atoms with Gasteiger partial charge in [0.15, 0.2) is 5.13 Å². The summed E-state index contributed by atoms with van der Waals surface area (Å²) in [5.41, 5.74) is 2.11. The molecule has 0 spiro atoms. The summed E-state index contributed by atoms with van der Waals surface area (Å²) in [6.07, 6.45) is 0. The highest BCUT2D eigenvalue weighted by Gasteiger charge is 2.21. The van der Waals surface area contributed by atoms with Gasteiger partial charge in [0, 0.05) is 12.3 Å². The number of anilines is 2. The van der Waals surface area contributed by atoms with Crippen molar-refractivity contribution < 1.29 is 18.8 Å². The lowest BCUT2D eigenvalue weighted by Crippen LogP contribution is -2.22. The summed E-state index contributed by atoms with van der Waals surface area (Å²) < 4.78 is 10.3. The Morgan fingerprint density at radius 2 is 1.96 bits per heavy atom. The number of nitrogens with zero attached hydrogens (tertiary/aromatic N) is 3. The van der Waals surface area contributed by atoms with E-state index in [0.29, 0.717) is 27.8 Å². The topological polar surface area (TPSA) is 85.5 Å². The second-order valence-electron chi connectivity index (χ2n) is 5.59. The number of esters is 1. The molecule has 26 heavy (non-hydrogen) atoms. The van der Waals surface area contributed by atoms with E-state index in [1.807, 2.05) is 30.3 Å². The standard InChI is InChI=1S/C18H17N3O4S/c1-11-16(12(2)25-20-11)17(23)24-9-14-10-26-18(19-14)21(13(3)22)15-7-5-4-6-8-15/h4-8,10H,9H2,1-3H3. The average molecular weight is 371 g/mol. The monoisotopic (exact) mass is 371 g/mol. The third kappa shape index (κ3) is 3.65. The molecule has 8 heteroatoms. The lowest BCUT2D eigenvalue weighted by Gasteiger charge is -2.17. The van der Waals surface area contributed by atoms with Crippen LogP contribution in [0.1, 0.15) is 34.4 Å². The highest BCUT2D eigenvalue weighted by atomic mass is 32.1. The summed E-state index contributed by atoms with van der Waals surface area (Å²) >= 11 is 1.31. The molecular weight excluding hydrogens is 354 g/mol. The van der Waals surface area contributed by atoms with Gasteiger partial charge in [0.2, 0.25) is 5.91 Å². The van der Waals surface area contributed by atoms with Crippen LogP contribution >= 0.6 is 11.3 Å². The fourth-order valence-corrected chi connectivity index (χ4v) is 3.33. The van der Waals surface area contributed by atoms with Crippen LogP contribution in [0.3, 0.4) is 0 Å². The Labute approximate surface area is 154 Å². The summed E-state index contributed by atoms with van der Waals surface area (Å²) in [5, 5.41) is 6.02. The summed E-state index contributed by atoms with van der Waals surface area (Å²) in [4.78, 5) is 30.2. The van der Waals surface area contributed by atoms with Crippen LogP contribution in [0, 0.1) is 13.8 Å². The van der Waals surface area contributed by atoms with Crippen LogP contribution in [-0.2, 0) is 16.1 Å².